The van der Waals surface area contributed by atoms with E-state index in [1.807, 2.05) is 31.2 Å². The molecule has 0 atom stereocenters. The van der Waals surface area contributed by atoms with Gasteiger partial charge in [-0.25, -0.2) is 14.2 Å². The van der Waals surface area contributed by atoms with Crippen LogP contribution in [0.3, 0.4) is 0 Å². The summed E-state index contributed by atoms with van der Waals surface area (Å²) in [5.74, 6) is -1.21. The lowest BCUT2D eigenvalue weighted by Gasteiger charge is -2.06. The van der Waals surface area contributed by atoms with Crippen LogP contribution < -0.4 is 10.1 Å². The highest BCUT2D eigenvalue weighted by atomic mass is 35.5. The molecule has 1 amide bonds. The lowest BCUT2D eigenvalue weighted by atomic mass is 10.2. The molecule has 1 aromatic heterocycles. The number of aryl methyl sites for hydroxylation is 1. The number of rotatable bonds is 7. The van der Waals surface area contributed by atoms with Gasteiger partial charge in [-0.2, -0.15) is 0 Å². The number of aromatic nitrogens is 1. The van der Waals surface area contributed by atoms with E-state index in [9.17, 15) is 14.0 Å². The van der Waals surface area contributed by atoms with Crippen molar-refractivity contribution < 1.29 is 23.5 Å². The van der Waals surface area contributed by atoms with Crippen LogP contribution in [0.5, 0.6) is 5.75 Å². The highest BCUT2D eigenvalue weighted by molar-refractivity contribution is 7.09. The number of anilines is 1. The second kappa shape index (κ2) is 9.49. The van der Waals surface area contributed by atoms with Crippen molar-refractivity contribution in [1.82, 2.24) is 4.98 Å². The fourth-order valence-electron chi connectivity index (χ4n) is 2.23. The summed E-state index contributed by atoms with van der Waals surface area (Å²) in [6.07, 6.45) is 0. The first-order valence-electron chi connectivity index (χ1n) is 8.46. The molecule has 1 N–H and O–H groups in total. The summed E-state index contributed by atoms with van der Waals surface area (Å²) >= 11 is 6.90. The van der Waals surface area contributed by atoms with Crippen LogP contribution in [0.25, 0.3) is 0 Å². The molecule has 1 heterocycles. The molecule has 29 heavy (non-hydrogen) atoms. The molecule has 0 aliphatic heterocycles. The number of esters is 1. The van der Waals surface area contributed by atoms with Crippen molar-refractivity contribution in [2.45, 2.75) is 13.5 Å². The van der Waals surface area contributed by atoms with E-state index >= 15 is 0 Å². The van der Waals surface area contributed by atoms with Gasteiger partial charge in [-0.15, -0.1) is 11.3 Å². The lowest BCUT2D eigenvalue weighted by Crippen LogP contribution is -2.21. The fraction of sp³-hybridized carbons (Fsp3) is 0.150. The Morgan fingerprint density at radius 1 is 1.21 bits per heavy atom. The predicted molar refractivity (Wildman–Crippen MR) is 108 cm³/mol. The van der Waals surface area contributed by atoms with Crippen LogP contribution >= 0.6 is 22.9 Å². The van der Waals surface area contributed by atoms with Crippen molar-refractivity contribution >= 4 is 40.5 Å². The summed E-state index contributed by atoms with van der Waals surface area (Å²) in [7, 11) is 0. The Morgan fingerprint density at radius 2 is 1.97 bits per heavy atom. The molecule has 0 spiro atoms. The van der Waals surface area contributed by atoms with E-state index < -0.39 is 24.3 Å². The monoisotopic (exact) mass is 434 g/mol. The minimum absolute atomic E-state index is 0.0927. The van der Waals surface area contributed by atoms with Gasteiger partial charge in [0.25, 0.3) is 5.91 Å². The first-order chi connectivity index (χ1) is 13.9. The second-order valence-corrected chi connectivity index (χ2v) is 7.33. The molecule has 0 aliphatic rings. The van der Waals surface area contributed by atoms with Crippen LogP contribution in [-0.4, -0.2) is 23.5 Å². The van der Waals surface area contributed by atoms with Crippen molar-refractivity contribution in [3.63, 3.8) is 0 Å². The minimum Gasteiger partial charge on any atom is -0.486 e. The smallest absolute Gasteiger partial charge is 0.358 e. The molecule has 0 bridgehead atoms. The zero-order chi connectivity index (χ0) is 20.8. The number of thiazole rings is 1. The van der Waals surface area contributed by atoms with E-state index in [0.717, 1.165) is 11.6 Å². The summed E-state index contributed by atoms with van der Waals surface area (Å²) in [5, 5.41) is 4.47. The zero-order valence-electron chi connectivity index (χ0n) is 15.3. The standard InChI is InChI=1S/C20H16ClFN2O4S/c1-12-2-5-14(6-3-12)27-10-19-24-17(11-29-19)20(26)28-9-18(25)23-13-4-7-16(22)15(21)8-13/h2-8,11H,9-10H2,1H3,(H,23,25). The van der Waals surface area contributed by atoms with Gasteiger partial charge < -0.3 is 14.8 Å². The van der Waals surface area contributed by atoms with E-state index in [0.29, 0.717) is 16.4 Å². The number of nitrogens with zero attached hydrogens (tertiary/aromatic N) is 1. The van der Waals surface area contributed by atoms with Gasteiger partial charge in [0.2, 0.25) is 0 Å². The molecule has 6 nitrogen and oxygen atoms in total. The summed E-state index contributed by atoms with van der Waals surface area (Å²) in [6.45, 7) is 1.69. The van der Waals surface area contributed by atoms with Crippen LogP contribution in [-0.2, 0) is 16.1 Å². The maximum Gasteiger partial charge on any atom is 0.358 e. The van der Waals surface area contributed by atoms with Crippen molar-refractivity contribution in [3.8, 4) is 5.75 Å². The highest BCUT2D eigenvalue weighted by Crippen LogP contribution is 2.19. The molecule has 0 fully saturated rings. The summed E-state index contributed by atoms with van der Waals surface area (Å²) in [6, 6.07) is 11.3. The number of hydrogen-bond donors (Lipinski definition) is 1. The number of carbonyl (C=O) groups excluding carboxylic acids is 2. The van der Waals surface area contributed by atoms with Crippen molar-refractivity contribution in [1.29, 1.82) is 0 Å². The number of nitrogens with one attached hydrogen (secondary N) is 1. The van der Waals surface area contributed by atoms with Crippen molar-refractivity contribution in [3.05, 3.63) is 74.9 Å². The van der Waals surface area contributed by atoms with Crippen LogP contribution in [0, 0.1) is 12.7 Å². The Bertz CT molecular complexity index is 1020. The summed E-state index contributed by atoms with van der Waals surface area (Å²) < 4.78 is 23.7. The number of halogens is 2. The summed E-state index contributed by atoms with van der Waals surface area (Å²) in [5.41, 5.74) is 1.51. The average Bonchev–Trinajstić information content (AvgIpc) is 3.18. The molecule has 150 valence electrons. The van der Waals surface area contributed by atoms with E-state index in [4.69, 9.17) is 21.1 Å². The maximum atomic E-state index is 13.1. The third-order valence-corrected chi connectivity index (χ3v) is 4.79. The van der Waals surface area contributed by atoms with E-state index in [2.05, 4.69) is 10.3 Å². The third-order valence-electron chi connectivity index (χ3n) is 3.68. The van der Waals surface area contributed by atoms with Gasteiger partial charge in [0.1, 0.15) is 23.2 Å². The molecule has 0 radical (unpaired) electrons. The topological polar surface area (TPSA) is 77.5 Å². The van der Waals surface area contributed by atoms with Gasteiger partial charge in [-0.05, 0) is 37.3 Å². The summed E-state index contributed by atoms with van der Waals surface area (Å²) in [4.78, 5) is 28.1. The Hall–Kier alpha value is -2.97. The number of carbonyl (C=O) groups is 2. The minimum atomic E-state index is -0.727. The molecule has 0 saturated heterocycles. The van der Waals surface area contributed by atoms with Crippen molar-refractivity contribution in [2.75, 3.05) is 11.9 Å². The predicted octanol–water partition coefficient (Wildman–Crippen LogP) is 4.62. The highest BCUT2D eigenvalue weighted by Gasteiger charge is 2.15. The van der Waals surface area contributed by atoms with Crippen LogP contribution in [0.1, 0.15) is 21.1 Å². The lowest BCUT2D eigenvalue weighted by molar-refractivity contribution is -0.119. The second-order valence-electron chi connectivity index (χ2n) is 5.98. The number of amides is 1. The van der Waals surface area contributed by atoms with Crippen LogP contribution in [0.4, 0.5) is 10.1 Å². The van der Waals surface area contributed by atoms with E-state index in [-0.39, 0.29) is 17.3 Å². The van der Waals surface area contributed by atoms with Gasteiger partial charge in [0.05, 0.1) is 5.02 Å². The first kappa shape index (κ1) is 20.8. The van der Waals surface area contributed by atoms with Gasteiger partial charge in [-0.3, -0.25) is 4.79 Å². The number of benzene rings is 2. The van der Waals surface area contributed by atoms with E-state index in [1.54, 1.807) is 0 Å². The molecular weight excluding hydrogens is 419 g/mol. The maximum absolute atomic E-state index is 13.1. The van der Waals surface area contributed by atoms with Crippen LogP contribution in [0.15, 0.2) is 47.8 Å². The Kier molecular flexibility index (Phi) is 6.79. The van der Waals surface area contributed by atoms with Gasteiger partial charge in [0, 0.05) is 11.1 Å². The molecule has 3 rings (SSSR count). The number of hydrogen-bond acceptors (Lipinski definition) is 6. The number of ether oxygens (including phenoxy) is 2. The SMILES string of the molecule is Cc1ccc(OCc2nc(C(=O)OCC(=O)Nc3ccc(F)c(Cl)c3)cs2)cc1. The molecule has 0 aliphatic carbocycles. The normalized spacial score (nSPS) is 10.4. The molecule has 9 heteroatoms. The van der Waals surface area contributed by atoms with Crippen LogP contribution in [0.2, 0.25) is 5.02 Å². The quantitative estimate of drug-likeness (QED) is 0.549. The Morgan fingerprint density at radius 3 is 2.69 bits per heavy atom. The molecule has 0 saturated carbocycles. The van der Waals surface area contributed by atoms with Gasteiger partial charge in [-0.1, -0.05) is 29.3 Å². The average molecular weight is 435 g/mol. The first-order valence-corrected chi connectivity index (χ1v) is 9.72. The largest absolute Gasteiger partial charge is 0.486 e. The molecule has 3 aromatic rings. The zero-order valence-corrected chi connectivity index (χ0v) is 16.8. The Labute approximate surface area is 175 Å². The van der Waals surface area contributed by atoms with Crippen molar-refractivity contribution in [2.24, 2.45) is 0 Å². The molecule has 2 aromatic carbocycles. The van der Waals surface area contributed by atoms with Gasteiger partial charge >= 0.3 is 5.97 Å². The van der Waals surface area contributed by atoms with E-state index in [1.165, 1.54) is 28.8 Å². The Balaban J connectivity index is 1.47. The molecular formula is C20H16ClFN2O4S. The molecule has 0 unspecified atom stereocenters. The van der Waals surface area contributed by atoms with Gasteiger partial charge in [0.15, 0.2) is 12.3 Å². The third kappa shape index (κ3) is 6.00. The fourth-order valence-corrected chi connectivity index (χ4v) is 3.08.